The fraction of sp³-hybridized carbons (Fsp3) is 0.471. The molecule has 7 heteroatoms. The van der Waals surface area contributed by atoms with Gasteiger partial charge in [0.2, 0.25) is 0 Å². The Morgan fingerprint density at radius 2 is 2.08 bits per heavy atom. The van der Waals surface area contributed by atoms with Crippen molar-refractivity contribution in [2.45, 2.75) is 40.7 Å². The van der Waals surface area contributed by atoms with Crippen LogP contribution in [0, 0.1) is 19.8 Å². The van der Waals surface area contributed by atoms with Crippen molar-refractivity contribution in [3.8, 4) is 0 Å². The summed E-state index contributed by atoms with van der Waals surface area (Å²) in [4.78, 5) is 25.1. The van der Waals surface area contributed by atoms with Gasteiger partial charge in [0.1, 0.15) is 4.32 Å². The highest BCUT2D eigenvalue weighted by molar-refractivity contribution is 8.26. The van der Waals surface area contributed by atoms with Crippen molar-refractivity contribution in [2.75, 3.05) is 6.54 Å². The van der Waals surface area contributed by atoms with Crippen molar-refractivity contribution in [3.05, 3.63) is 27.9 Å². The molecule has 0 bridgehead atoms. The van der Waals surface area contributed by atoms with Crippen LogP contribution in [0.2, 0.25) is 0 Å². The number of carbonyl (C=O) groups is 2. The summed E-state index contributed by atoms with van der Waals surface area (Å²) >= 11 is 6.45. The van der Waals surface area contributed by atoms with Crippen LogP contribution in [0.1, 0.15) is 37.2 Å². The number of thiocarbonyl (C=S) groups is 1. The number of aliphatic carboxylic acids is 1. The Kier molecular flexibility index (Phi) is 5.87. The summed E-state index contributed by atoms with van der Waals surface area (Å²) < 4.78 is 2.67. The second-order valence-electron chi connectivity index (χ2n) is 6.31. The summed E-state index contributed by atoms with van der Waals surface area (Å²) in [7, 11) is 0. The highest BCUT2D eigenvalue weighted by Gasteiger charge is 2.32. The van der Waals surface area contributed by atoms with E-state index in [9.17, 15) is 9.59 Å². The van der Waals surface area contributed by atoms with Gasteiger partial charge in [-0.05, 0) is 37.5 Å². The molecule has 5 nitrogen and oxygen atoms in total. The molecular formula is C17H22N2O3S2. The molecule has 1 aromatic rings. The molecule has 0 atom stereocenters. The number of nitrogens with zero attached hydrogens (tertiary/aromatic N) is 2. The third-order valence-corrected chi connectivity index (χ3v) is 5.25. The number of thioether (sulfide) groups is 1. The zero-order valence-electron chi connectivity index (χ0n) is 14.3. The quantitative estimate of drug-likeness (QED) is 0.617. The second-order valence-corrected chi connectivity index (χ2v) is 7.98. The van der Waals surface area contributed by atoms with E-state index in [0.29, 0.717) is 15.1 Å². The predicted molar refractivity (Wildman–Crippen MR) is 101 cm³/mol. The monoisotopic (exact) mass is 366 g/mol. The molecule has 2 rings (SSSR count). The van der Waals surface area contributed by atoms with E-state index in [1.807, 2.05) is 13.0 Å². The Morgan fingerprint density at radius 3 is 2.67 bits per heavy atom. The number of hydrogen-bond acceptors (Lipinski definition) is 4. The van der Waals surface area contributed by atoms with Gasteiger partial charge in [0, 0.05) is 24.5 Å². The molecule has 24 heavy (non-hydrogen) atoms. The van der Waals surface area contributed by atoms with E-state index in [1.54, 1.807) is 0 Å². The van der Waals surface area contributed by atoms with Crippen molar-refractivity contribution in [2.24, 2.45) is 5.92 Å². The van der Waals surface area contributed by atoms with E-state index in [-0.39, 0.29) is 18.9 Å². The molecule has 130 valence electrons. The maximum atomic E-state index is 12.5. The predicted octanol–water partition coefficient (Wildman–Crippen LogP) is 3.44. The minimum atomic E-state index is -0.940. The van der Waals surface area contributed by atoms with Crippen LogP contribution in [0.25, 0.3) is 6.08 Å². The molecule has 1 aliphatic rings. The fourth-order valence-electron chi connectivity index (χ4n) is 2.66. The Balaban J connectivity index is 2.24. The molecule has 0 spiro atoms. The maximum absolute atomic E-state index is 12.5. The Bertz CT molecular complexity index is 720. The maximum Gasteiger partial charge on any atom is 0.305 e. The lowest BCUT2D eigenvalue weighted by Gasteiger charge is -2.12. The average Bonchev–Trinajstić information content (AvgIpc) is 2.88. The summed E-state index contributed by atoms with van der Waals surface area (Å²) in [6.07, 6.45) is 1.75. The Labute approximate surface area is 151 Å². The van der Waals surface area contributed by atoms with E-state index >= 15 is 0 Å². The molecule has 1 amide bonds. The number of rotatable bonds is 6. The Morgan fingerprint density at radius 1 is 1.42 bits per heavy atom. The molecule has 1 aliphatic heterocycles. The van der Waals surface area contributed by atoms with Gasteiger partial charge in [-0.1, -0.05) is 37.8 Å². The smallest absolute Gasteiger partial charge is 0.305 e. The van der Waals surface area contributed by atoms with Gasteiger partial charge in [0.15, 0.2) is 0 Å². The highest BCUT2D eigenvalue weighted by Crippen LogP contribution is 2.33. The van der Waals surface area contributed by atoms with Crippen LogP contribution in [-0.4, -0.2) is 37.3 Å². The molecule has 0 aromatic carbocycles. The fourth-order valence-corrected chi connectivity index (χ4v) is 3.96. The molecule has 0 saturated carbocycles. The first-order valence-electron chi connectivity index (χ1n) is 7.84. The van der Waals surface area contributed by atoms with Crippen LogP contribution in [0.15, 0.2) is 11.0 Å². The third kappa shape index (κ3) is 4.08. The van der Waals surface area contributed by atoms with Crippen LogP contribution in [0.3, 0.4) is 0 Å². The van der Waals surface area contributed by atoms with Gasteiger partial charge in [-0.25, -0.2) is 0 Å². The molecule has 1 saturated heterocycles. The zero-order chi connectivity index (χ0) is 18.0. The summed E-state index contributed by atoms with van der Waals surface area (Å²) in [5, 5.41) is 8.78. The van der Waals surface area contributed by atoms with Crippen molar-refractivity contribution in [1.29, 1.82) is 0 Å². The lowest BCUT2D eigenvalue weighted by molar-refractivity contribution is -0.137. The summed E-state index contributed by atoms with van der Waals surface area (Å²) in [5.41, 5.74) is 3.29. The summed E-state index contributed by atoms with van der Waals surface area (Å²) in [5.74, 6) is -0.609. The number of hydrogen-bond donors (Lipinski definition) is 1. The molecule has 0 unspecified atom stereocenters. The lowest BCUT2D eigenvalue weighted by Crippen LogP contribution is -2.30. The minimum absolute atomic E-state index is 0.109. The normalized spacial score (nSPS) is 16.7. The van der Waals surface area contributed by atoms with E-state index in [0.717, 1.165) is 23.5 Å². The van der Waals surface area contributed by atoms with Crippen molar-refractivity contribution < 1.29 is 14.7 Å². The van der Waals surface area contributed by atoms with Gasteiger partial charge in [-0.2, -0.15) is 0 Å². The van der Waals surface area contributed by atoms with Crippen molar-refractivity contribution in [1.82, 2.24) is 9.47 Å². The first-order chi connectivity index (χ1) is 11.2. The van der Waals surface area contributed by atoms with Crippen LogP contribution >= 0.6 is 24.0 Å². The van der Waals surface area contributed by atoms with Crippen molar-refractivity contribution in [3.63, 3.8) is 0 Å². The average molecular weight is 367 g/mol. The molecule has 1 N–H and O–H groups in total. The first kappa shape index (κ1) is 18.7. The topological polar surface area (TPSA) is 62.5 Å². The van der Waals surface area contributed by atoms with Crippen LogP contribution < -0.4 is 0 Å². The number of aryl methyl sites for hydroxylation is 1. The highest BCUT2D eigenvalue weighted by atomic mass is 32.2. The lowest BCUT2D eigenvalue weighted by atomic mass is 10.2. The summed E-state index contributed by atoms with van der Waals surface area (Å²) in [6.45, 7) is 9.50. The molecule has 0 aliphatic carbocycles. The van der Waals surface area contributed by atoms with E-state index in [2.05, 4.69) is 31.4 Å². The van der Waals surface area contributed by atoms with Crippen LogP contribution in [0.5, 0.6) is 0 Å². The first-order valence-corrected chi connectivity index (χ1v) is 9.07. The SMILES string of the molecule is Cc1cc(/C=C2\SC(=S)N(CCC(=O)O)C2=O)c(C)n1CC(C)C. The third-order valence-electron chi connectivity index (χ3n) is 3.87. The van der Waals surface area contributed by atoms with Gasteiger partial charge in [-0.15, -0.1) is 0 Å². The van der Waals surface area contributed by atoms with E-state index in [1.165, 1.54) is 16.7 Å². The standard InChI is InChI=1S/C17H22N2O3S2/c1-10(2)9-19-11(3)7-13(12(19)4)8-14-16(22)18(17(23)24-14)6-5-15(20)21/h7-8,10H,5-6,9H2,1-4H3,(H,20,21)/b14-8-. The van der Waals surface area contributed by atoms with Crippen LogP contribution in [-0.2, 0) is 16.1 Å². The molecule has 1 aromatic heterocycles. The van der Waals surface area contributed by atoms with E-state index in [4.69, 9.17) is 17.3 Å². The number of amides is 1. The Hall–Kier alpha value is -1.60. The van der Waals surface area contributed by atoms with Gasteiger partial charge in [0.25, 0.3) is 5.91 Å². The number of aromatic nitrogens is 1. The van der Waals surface area contributed by atoms with Crippen molar-refractivity contribution >= 4 is 46.3 Å². The number of carboxylic acid groups (broad SMARTS) is 1. The molecule has 1 fully saturated rings. The van der Waals surface area contributed by atoms with Gasteiger partial charge < -0.3 is 9.67 Å². The van der Waals surface area contributed by atoms with Gasteiger partial charge >= 0.3 is 5.97 Å². The number of carboxylic acids is 1. The minimum Gasteiger partial charge on any atom is -0.481 e. The molecular weight excluding hydrogens is 344 g/mol. The summed E-state index contributed by atoms with van der Waals surface area (Å²) in [6, 6.07) is 2.07. The molecule has 2 heterocycles. The largest absolute Gasteiger partial charge is 0.481 e. The van der Waals surface area contributed by atoms with E-state index < -0.39 is 5.97 Å². The van der Waals surface area contributed by atoms with Crippen LogP contribution in [0.4, 0.5) is 0 Å². The molecule has 0 radical (unpaired) electrons. The number of carbonyl (C=O) groups excluding carboxylic acids is 1. The van der Waals surface area contributed by atoms with Gasteiger partial charge in [-0.3, -0.25) is 14.5 Å². The van der Waals surface area contributed by atoms with Gasteiger partial charge in [0.05, 0.1) is 11.3 Å². The zero-order valence-corrected chi connectivity index (χ0v) is 16.0. The second kappa shape index (κ2) is 7.53.